The van der Waals surface area contributed by atoms with Crippen molar-refractivity contribution in [3.8, 4) is 5.75 Å². The molecule has 0 saturated carbocycles. The van der Waals surface area contributed by atoms with Gasteiger partial charge in [-0.2, -0.15) is 0 Å². The molecule has 3 aromatic rings. The van der Waals surface area contributed by atoms with E-state index in [0.29, 0.717) is 0 Å². The van der Waals surface area contributed by atoms with E-state index in [9.17, 15) is 4.79 Å². The molecule has 0 unspecified atom stereocenters. The molecule has 1 saturated heterocycles. The molecule has 0 spiro atoms. The molecule has 1 atom stereocenters. The Morgan fingerprint density at radius 1 is 1.28 bits per heavy atom. The zero-order valence-corrected chi connectivity index (χ0v) is 14.2. The van der Waals surface area contributed by atoms with Gasteiger partial charge in [0.2, 0.25) is 0 Å². The number of carbonyl (C=O) groups excluding carboxylic acids is 1. The second-order valence-corrected chi connectivity index (χ2v) is 6.49. The van der Waals surface area contributed by atoms with Gasteiger partial charge < -0.3 is 14.6 Å². The van der Waals surface area contributed by atoms with Gasteiger partial charge in [-0.15, -0.1) is 0 Å². The first kappa shape index (κ1) is 15.7. The highest BCUT2D eigenvalue weighted by molar-refractivity contribution is 5.79. The second kappa shape index (κ2) is 6.59. The summed E-state index contributed by atoms with van der Waals surface area (Å²) in [5.74, 6) is 1.60. The average molecular weight is 335 g/mol. The number of carbonyl (C=O) groups is 1. The number of hydrogen-bond donors (Lipinski definition) is 1. The van der Waals surface area contributed by atoms with E-state index in [1.165, 1.54) is 0 Å². The highest BCUT2D eigenvalue weighted by Crippen LogP contribution is 2.31. The second-order valence-electron chi connectivity index (χ2n) is 6.49. The predicted octanol–water partition coefficient (Wildman–Crippen LogP) is 3.61. The Labute approximate surface area is 146 Å². The van der Waals surface area contributed by atoms with E-state index >= 15 is 0 Å². The number of aromatic nitrogens is 2. The molecule has 0 aliphatic carbocycles. The number of likely N-dealkylation sites (tertiary alicyclic amines) is 1. The topological polar surface area (TPSA) is 58.2 Å². The predicted molar refractivity (Wildman–Crippen MR) is 96.5 cm³/mol. The van der Waals surface area contributed by atoms with Gasteiger partial charge in [-0.25, -0.2) is 4.98 Å². The maximum absolute atomic E-state index is 12.7. The van der Waals surface area contributed by atoms with Crippen molar-refractivity contribution in [2.24, 2.45) is 0 Å². The summed E-state index contributed by atoms with van der Waals surface area (Å²) in [6, 6.07) is 15.7. The van der Waals surface area contributed by atoms with Gasteiger partial charge >= 0.3 is 0 Å². The van der Waals surface area contributed by atoms with Crippen LogP contribution in [0.1, 0.15) is 30.3 Å². The molecule has 0 bridgehead atoms. The normalized spacial score (nSPS) is 17.2. The number of ether oxygens (including phenoxy) is 1. The number of rotatable bonds is 4. The molecule has 128 valence electrons. The first-order valence-corrected chi connectivity index (χ1v) is 8.64. The molecule has 5 nitrogen and oxygen atoms in total. The van der Waals surface area contributed by atoms with Crippen LogP contribution in [-0.2, 0) is 4.79 Å². The van der Waals surface area contributed by atoms with Crippen molar-refractivity contribution in [1.29, 1.82) is 0 Å². The van der Waals surface area contributed by atoms with Crippen LogP contribution in [0, 0.1) is 6.92 Å². The zero-order chi connectivity index (χ0) is 17.2. The molecular weight excluding hydrogens is 314 g/mol. The highest BCUT2D eigenvalue weighted by atomic mass is 16.5. The first-order chi connectivity index (χ1) is 12.2. The smallest absolute Gasteiger partial charge is 0.261 e. The fourth-order valence-electron chi connectivity index (χ4n) is 3.41. The zero-order valence-electron chi connectivity index (χ0n) is 14.2. The lowest BCUT2D eigenvalue weighted by molar-refractivity contribution is -0.134. The molecule has 1 aromatic heterocycles. The Balaban J connectivity index is 1.47. The van der Waals surface area contributed by atoms with Gasteiger partial charge in [0.05, 0.1) is 17.1 Å². The number of para-hydroxylation sites is 2. The van der Waals surface area contributed by atoms with E-state index in [4.69, 9.17) is 4.74 Å². The van der Waals surface area contributed by atoms with Crippen LogP contribution in [0.3, 0.4) is 0 Å². The Morgan fingerprint density at radius 3 is 3.00 bits per heavy atom. The maximum Gasteiger partial charge on any atom is 0.261 e. The number of benzene rings is 2. The van der Waals surface area contributed by atoms with Crippen LogP contribution in [0.4, 0.5) is 0 Å². The fourth-order valence-corrected chi connectivity index (χ4v) is 3.41. The number of nitrogens with one attached hydrogen (secondary N) is 1. The lowest BCUT2D eigenvalue weighted by Crippen LogP contribution is -2.34. The molecule has 0 radical (unpaired) electrons. The highest BCUT2D eigenvalue weighted by Gasteiger charge is 2.32. The van der Waals surface area contributed by atoms with Gasteiger partial charge in [-0.3, -0.25) is 4.79 Å². The Bertz CT molecular complexity index is 870. The lowest BCUT2D eigenvalue weighted by Gasteiger charge is -2.23. The van der Waals surface area contributed by atoms with E-state index < -0.39 is 0 Å². The molecule has 1 aliphatic rings. The van der Waals surface area contributed by atoms with Crippen molar-refractivity contribution >= 4 is 16.9 Å². The van der Waals surface area contributed by atoms with Crippen molar-refractivity contribution in [2.45, 2.75) is 25.8 Å². The third-order valence-electron chi connectivity index (χ3n) is 4.65. The summed E-state index contributed by atoms with van der Waals surface area (Å²) in [5.41, 5.74) is 3.06. The van der Waals surface area contributed by atoms with Crippen LogP contribution in [0.25, 0.3) is 11.0 Å². The van der Waals surface area contributed by atoms with Gasteiger partial charge in [-0.05, 0) is 49.6 Å². The molecular formula is C20H21N3O2. The molecule has 5 heteroatoms. The molecule has 1 N–H and O–H groups in total. The monoisotopic (exact) mass is 335 g/mol. The van der Waals surface area contributed by atoms with Crippen molar-refractivity contribution in [3.63, 3.8) is 0 Å². The van der Waals surface area contributed by atoms with E-state index in [1.807, 2.05) is 60.4 Å². The minimum absolute atomic E-state index is 0.000935. The summed E-state index contributed by atoms with van der Waals surface area (Å²) in [5, 5.41) is 0. The third kappa shape index (κ3) is 3.22. The summed E-state index contributed by atoms with van der Waals surface area (Å²) in [6.45, 7) is 2.81. The number of aromatic amines is 1. The van der Waals surface area contributed by atoms with E-state index in [1.54, 1.807) is 0 Å². The maximum atomic E-state index is 12.7. The number of hydrogen-bond acceptors (Lipinski definition) is 3. The lowest BCUT2D eigenvalue weighted by atomic mass is 10.2. The van der Waals surface area contributed by atoms with Gasteiger partial charge in [0.15, 0.2) is 6.61 Å². The SMILES string of the molecule is Cc1cccc(OCC(=O)N2CCC[C@@H]2c2nc3ccccc3[nH]2)c1. The van der Waals surface area contributed by atoms with Crippen LogP contribution >= 0.6 is 0 Å². The number of H-pyrrole nitrogens is 1. The third-order valence-corrected chi connectivity index (χ3v) is 4.65. The quantitative estimate of drug-likeness (QED) is 0.792. The average Bonchev–Trinajstić information content (AvgIpc) is 3.26. The van der Waals surface area contributed by atoms with Gasteiger partial charge in [0.25, 0.3) is 5.91 Å². The molecule has 1 fully saturated rings. The summed E-state index contributed by atoms with van der Waals surface area (Å²) < 4.78 is 5.68. The molecule has 4 rings (SSSR count). The van der Waals surface area contributed by atoms with Gasteiger partial charge in [0.1, 0.15) is 11.6 Å². The summed E-state index contributed by atoms with van der Waals surface area (Å²) in [4.78, 5) is 22.6. The van der Waals surface area contributed by atoms with E-state index in [2.05, 4.69) is 9.97 Å². The van der Waals surface area contributed by atoms with Crippen molar-refractivity contribution in [3.05, 3.63) is 59.9 Å². The number of amides is 1. The van der Waals surface area contributed by atoms with Crippen molar-refractivity contribution in [1.82, 2.24) is 14.9 Å². The Morgan fingerprint density at radius 2 is 2.16 bits per heavy atom. The van der Waals surface area contributed by atoms with Gasteiger partial charge in [0, 0.05) is 6.54 Å². The fraction of sp³-hybridized carbons (Fsp3) is 0.300. The minimum Gasteiger partial charge on any atom is -0.484 e. The van der Waals surface area contributed by atoms with Crippen LogP contribution in [0.5, 0.6) is 5.75 Å². The standard InChI is InChI=1S/C20H21N3O2/c1-14-6-4-7-15(12-14)25-13-19(24)23-11-5-10-18(23)20-21-16-8-2-3-9-17(16)22-20/h2-4,6-9,12,18H,5,10-11,13H2,1H3,(H,21,22)/t18-/m1/s1. The molecule has 1 aliphatic heterocycles. The Hall–Kier alpha value is -2.82. The molecule has 2 aromatic carbocycles. The van der Waals surface area contributed by atoms with Crippen LogP contribution in [0.2, 0.25) is 0 Å². The summed E-state index contributed by atoms with van der Waals surface area (Å²) in [6.07, 6.45) is 1.91. The van der Waals surface area contributed by atoms with Gasteiger partial charge in [-0.1, -0.05) is 24.3 Å². The Kier molecular flexibility index (Phi) is 4.14. The summed E-state index contributed by atoms with van der Waals surface area (Å²) in [7, 11) is 0. The molecule has 2 heterocycles. The van der Waals surface area contributed by atoms with Crippen molar-refractivity contribution < 1.29 is 9.53 Å². The largest absolute Gasteiger partial charge is 0.484 e. The summed E-state index contributed by atoms with van der Waals surface area (Å²) >= 11 is 0. The van der Waals surface area contributed by atoms with E-state index in [-0.39, 0.29) is 18.6 Å². The molecule has 25 heavy (non-hydrogen) atoms. The number of nitrogens with zero attached hydrogens (tertiary/aromatic N) is 2. The molecule has 1 amide bonds. The first-order valence-electron chi connectivity index (χ1n) is 8.64. The minimum atomic E-state index is 0.000935. The number of aryl methyl sites for hydroxylation is 1. The number of fused-ring (bicyclic) bond motifs is 1. The van der Waals surface area contributed by atoms with E-state index in [0.717, 1.165) is 47.6 Å². The van der Waals surface area contributed by atoms with Crippen LogP contribution in [-0.4, -0.2) is 33.9 Å². The van der Waals surface area contributed by atoms with Crippen LogP contribution in [0.15, 0.2) is 48.5 Å². The van der Waals surface area contributed by atoms with Crippen LogP contribution < -0.4 is 4.74 Å². The number of imidazole rings is 1. The van der Waals surface area contributed by atoms with Crippen molar-refractivity contribution in [2.75, 3.05) is 13.2 Å².